The molecule has 32 heavy (non-hydrogen) atoms. The molecular weight excluding hydrogens is 457 g/mol. The van der Waals surface area contributed by atoms with Gasteiger partial charge in [-0.2, -0.15) is 4.39 Å². The molecule has 0 bridgehead atoms. The van der Waals surface area contributed by atoms with Crippen molar-refractivity contribution in [2.45, 2.75) is 42.0 Å². The number of amides is 1. The Kier molecular flexibility index (Phi) is 6.51. The Bertz CT molecular complexity index is 1310. The molecule has 8 nitrogen and oxygen atoms in total. The summed E-state index contributed by atoms with van der Waals surface area (Å²) in [5.41, 5.74) is -1.17. The van der Waals surface area contributed by atoms with Crippen molar-refractivity contribution in [3.05, 3.63) is 63.9 Å². The third-order valence-electron chi connectivity index (χ3n) is 4.20. The molecule has 1 N–H and O–H groups in total. The first kappa shape index (κ1) is 23.6. The van der Waals surface area contributed by atoms with Crippen LogP contribution < -0.4 is 5.56 Å². The van der Waals surface area contributed by atoms with Gasteiger partial charge < -0.3 is 14.6 Å². The normalized spacial score (nSPS) is 11.9. The summed E-state index contributed by atoms with van der Waals surface area (Å²) in [5.74, 6) is -0.834. The average molecular weight is 480 g/mol. The number of carbonyl (C=O) groups is 1. The van der Waals surface area contributed by atoms with E-state index in [9.17, 15) is 22.4 Å². The molecule has 11 heteroatoms. The highest BCUT2D eigenvalue weighted by atomic mass is 32.2. The molecule has 0 atom stereocenters. The highest BCUT2D eigenvalue weighted by Gasteiger charge is 2.28. The Morgan fingerprint density at radius 2 is 1.97 bits per heavy atom. The number of H-pyrrole nitrogens is 1. The van der Waals surface area contributed by atoms with Gasteiger partial charge in [0, 0.05) is 41.5 Å². The summed E-state index contributed by atoms with van der Waals surface area (Å²) in [7, 11) is -2.63. The number of sulfone groups is 1. The van der Waals surface area contributed by atoms with Crippen LogP contribution in [0.1, 0.15) is 25.6 Å². The Labute approximate surface area is 188 Å². The molecule has 0 aliphatic rings. The second-order valence-electron chi connectivity index (χ2n) is 7.98. The summed E-state index contributed by atoms with van der Waals surface area (Å²) in [6, 6.07) is 6.64. The maximum atomic E-state index is 14.5. The lowest BCUT2D eigenvalue weighted by Gasteiger charge is -2.24. The van der Waals surface area contributed by atoms with Gasteiger partial charge in [-0.1, -0.05) is 0 Å². The van der Waals surface area contributed by atoms with E-state index in [0.717, 1.165) is 17.4 Å². The van der Waals surface area contributed by atoms with Crippen LogP contribution in [-0.4, -0.2) is 42.0 Å². The number of rotatable bonds is 5. The quantitative estimate of drug-likeness (QED) is 0.557. The number of hydrogen-bond donors (Lipinski definition) is 1. The number of aromatic amines is 1. The monoisotopic (exact) mass is 479 g/mol. The van der Waals surface area contributed by atoms with E-state index in [4.69, 9.17) is 4.74 Å². The van der Waals surface area contributed by atoms with E-state index in [1.54, 1.807) is 20.8 Å². The van der Waals surface area contributed by atoms with Crippen molar-refractivity contribution < 1.29 is 22.3 Å². The van der Waals surface area contributed by atoms with Crippen molar-refractivity contribution in [1.29, 1.82) is 0 Å². The molecule has 1 amide bonds. The molecule has 0 aliphatic carbocycles. The molecule has 0 saturated heterocycles. The largest absolute Gasteiger partial charge is 0.444 e. The van der Waals surface area contributed by atoms with Crippen molar-refractivity contribution in [2.24, 2.45) is 0 Å². The summed E-state index contributed by atoms with van der Waals surface area (Å²) in [4.78, 5) is 31.5. The van der Waals surface area contributed by atoms with E-state index >= 15 is 0 Å². The molecule has 170 valence electrons. The minimum atomic E-state index is -4.15. The molecule has 3 rings (SSSR count). The van der Waals surface area contributed by atoms with Gasteiger partial charge in [0.1, 0.15) is 9.81 Å². The van der Waals surface area contributed by atoms with Crippen LogP contribution in [-0.2, 0) is 21.1 Å². The fourth-order valence-corrected chi connectivity index (χ4v) is 6.00. The number of nitrogens with one attached hydrogen (secondary N) is 1. The van der Waals surface area contributed by atoms with Crippen LogP contribution in [0.2, 0.25) is 0 Å². The van der Waals surface area contributed by atoms with Crippen LogP contribution in [0.3, 0.4) is 0 Å². The van der Waals surface area contributed by atoms with Gasteiger partial charge in [0.15, 0.2) is 0 Å². The second kappa shape index (κ2) is 8.83. The molecular formula is C21H22FN3O5S2. The van der Waals surface area contributed by atoms with Gasteiger partial charge in [-0.05, 0) is 45.0 Å². The van der Waals surface area contributed by atoms with Crippen LogP contribution in [0.5, 0.6) is 0 Å². The fourth-order valence-electron chi connectivity index (χ4n) is 2.81. The van der Waals surface area contributed by atoms with Crippen LogP contribution in [0.25, 0.3) is 11.1 Å². The van der Waals surface area contributed by atoms with E-state index in [1.807, 2.05) is 0 Å². The van der Waals surface area contributed by atoms with Crippen LogP contribution in [0.15, 0.2) is 56.6 Å². The highest BCUT2D eigenvalue weighted by Crippen LogP contribution is 2.39. The zero-order chi connectivity index (χ0) is 23.7. The lowest BCUT2D eigenvalue weighted by atomic mass is 10.1. The number of halogens is 1. The van der Waals surface area contributed by atoms with E-state index < -0.39 is 33.0 Å². The molecule has 3 aromatic rings. The van der Waals surface area contributed by atoms with E-state index in [2.05, 4.69) is 9.97 Å². The first-order valence-corrected chi connectivity index (χ1v) is 11.8. The fraction of sp³-hybridized carbons (Fsp3) is 0.286. The number of hydrogen-bond acceptors (Lipinski definition) is 7. The molecule has 0 saturated carbocycles. The number of pyridine rings is 2. The molecule has 0 aromatic carbocycles. The SMILES string of the molecule is CN(Cc1cc(-c2cccnc2F)c(S(=O)(=O)c2cc[nH]c(=O)c2)s1)C(=O)OC(C)(C)C. The first-order chi connectivity index (χ1) is 14.9. The summed E-state index contributed by atoms with van der Waals surface area (Å²) >= 11 is 0.890. The third kappa shape index (κ3) is 5.22. The van der Waals surface area contributed by atoms with Gasteiger partial charge >= 0.3 is 6.09 Å². The third-order valence-corrected chi connectivity index (χ3v) is 7.60. The number of carbonyl (C=O) groups excluding carboxylic acids is 1. The van der Waals surface area contributed by atoms with Gasteiger partial charge in [-0.3, -0.25) is 4.79 Å². The van der Waals surface area contributed by atoms with Crippen molar-refractivity contribution >= 4 is 27.3 Å². The van der Waals surface area contributed by atoms with E-state index in [1.165, 1.54) is 48.6 Å². The lowest BCUT2D eigenvalue weighted by molar-refractivity contribution is 0.0286. The average Bonchev–Trinajstić information content (AvgIpc) is 3.11. The van der Waals surface area contributed by atoms with Gasteiger partial charge in [0.05, 0.1) is 11.4 Å². The van der Waals surface area contributed by atoms with E-state index in [-0.39, 0.29) is 26.8 Å². The minimum absolute atomic E-state index is 0.00154. The zero-order valence-corrected chi connectivity index (χ0v) is 19.5. The standard InChI is InChI=1S/C21H22FN3O5S2/c1-21(2,3)30-20(27)25(4)12-13-10-16(15-6-5-8-24-18(15)22)19(31-13)32(28,29)14-7-9-23-17(26)11-14/h5-11H,12H2,1-4H3,(H,23,26). The molecule has 0 spiro atoms. The van der Waals surface area contributed by atoms with Gasteiger partial charge in [0.25, 0.3) is 0 Å². The van der Waals surface area contributed by atoms with Crippen LogP contribution in [0, 0.1) is 5.95 Å². The summed E-state index contributed by atoms with van der Waals surface area (Å²) in [5, 5.41) is 0. The second-order valence-corrected chi connectivity index (χ2v) is 11.3. The number of thiophene rings is 1. The molecule has 0 radical (unpaired) electrons. The minimum Gasteiger partial charge on any atom is -0.444 e. The van der Waals surface area contributed by atoms with Crippen molar-refractivity contribution in [3.63, 3.8) is 0 Å². The number of aromatic nitrogens is 2. The van der Waals surface area contributed by atoms with Crippen LogP contribution in [0.4, 0.5) is 9.18 Å². The number of nitrogens with zero attached hydrogens (tertiary/aromatic N) is 2. The zero-order valence-electron chi connectivity index (χ0n) is 17.9. The van der Waals surface area contributed by atoms with Crippen molar-refractivity contribution in [1.82, 2.24) is 14.9 Å². The Morgan fingerprint density at radius 3 is 2.59 bits per heavy atom. The maximum absolute atomic E-state index is 14.5. The number of ether oxygens (including phenoxy) is 1. The molecule has 0 fully saturated rings. The summed E-state index contributed by atoms with van der Waals surface area (Å²) < 4.78 is 46.3. The molecule has 3 heterocycles. The van der Waals surface area contributed by atoms with Gasteiger partial charge in [0.2, 0.25) is 21.3 Å². The maximum Gasteiger partial charge on any atom is 0.410 e. The molecule has 3 aromatic heterocycles. The van der Waals surface area contributed by atoms with Crippen LogP contribution >= 0.6 is 11.3 Å². The Balaban J connectivity index is 2.08. The highest BCUT2D eigenvalue weighted by molar-refractivity contribution is 7.93. The first-order valence-electron chi connectivity index (χ1n) is 9.50. The lowest BCUT2D eigenvalue weighted by Crippen LogP contribution is -2.33. The predicted octanol–water partition coefficient (Wildman–Crippen LogP) is 3.84. The summed E-state index contributed by atoms with van der Waals surface area (Å²) in [6.07, 6.45) is 1.90. The predicted molar refractivity (Wildman–Crippen MR) is 118 cm³/mol. The topological polar surface area (TPSA) is 109 Å². The molecule has 0 aliphatic heterocycles. The van der Waals surface area contributed by atoms with Crippen molar-refractivity contribution in [2.75, 3.05) is 7.05 Å². The van der Waals surface area contributed by atoms with Gasteiger partial charge in [-0.15, -0.1) is 11.3 Å². The summed E-state index contributed by atoms with van der Waals surface area (Å²) in [6.45, 7) is 5.25. The van der Waals surface area contributed by atoms with E-state index in [0.29, 0.717) is 4.88 Å². The molecule has 0 unspecified atom stereocenters. The van der Waals surface area contributed by atoms with Crippen molar-refractivity contribution in [3.8, 4) is 11.1 Å². The van der Waals surface area contributed by atoms with Gasteiger partial charge in [-0.25, -0.2) is 18.2 Å². The smallest absolute Gasteiger partial charge is 0.410 e. The Hall–Kier alpha value is -3.05. The Morgan fingerprint density at radius 1 is 1.25 bits per heavy atom.